The molecule has 96 heavy (non-hydrogen) atoms. The monoisotopic (exact) mass is 1410 g/mol. The van der Waals surface area contributed by atoms with Crippen LogP contribution in [-0.4, -0.2) is 96.7 Å². The zero-order valence-electron chi connectivity index (χ0n) is 62.5. The number of aliphatic hydroxyl groups is 1. The number of phosphoric acid groups is 2. The number of hydrogen-bond donors (Lipinski definition) is 3. The maximum Gasteiger partial charge on any atom is 0.472 e. The fourth-order valence-corrected chi connectivity index (χ4v) is 13.5. The average Bonchev–Trinajstić information content (AvgIpc) is 1.22. The van der Waals surface area contributed by atoms with Gasteiger partial charge in [0.1, 0.15) is 19.3 Å². The van der Waals surface area contributed by atoms with Crippen molar-refractivity contribution >= 4 is 39.5 Å². The summed E-state index contributed by atoms with van der Waals surface area (Å²) in [7, 11) is -9.91. The van der Waals surface area contributed by atoms with Crippen LogP contribution in [0.3, 0.4) is 0 Å². The molecule has 19 heteroatoms. The second-order valence-corrected chi connectivity index (χ2v) is 31.1. The van der Waals surface area contributed by atoms with Crippen molar-refractivity contribution in [1.82, 2.24) is 0 Å². The molecule has 3 N–H and O–H groups in total. The van der Waals surface area contributed by atoms with E-state index in [0.29, 0.717) is 25.7 Å². The van der Waals surface area contributed by atoms with Crippen LogP contribution in [0.25, 0.3) is 0 Å². The molecule has 17 nitrogen and oxygen atoms in total. The second-order valence-electron chi connectivity index (χ2n) is 28.2. The predicted molar refractivity (Wildman–Crippen MR) is 391 cm³/mol. The maximum atomic E-state index is 13.1. The highest BCUT2D eigenvalue weighted by atomic mass is 31.2. The molecule has 0 heterocycles. The van der Waals surface area contributed by atoms with Crippen LogP contribution in [-0.2, 0) is 65.4 Å². The SMILES string of the molecule is CCCCCCCCCCCCCCCCC(=O)OC[C@H](COP(=O)(O)OC[C@@H](O)COP(=O)(O)OC[C@@H](COC(=O)CCCCCCCCCCCCCCC)OC(=O)CCCCCCCCCCCCCCC)OC(=O)CCCCCCCCCCCCCCCC(C)C. The number of esters is 4. The molecule has 0 saturated carbocycles. The molecular weight excluding hydrogens is 1260 g/mol. The van der Waals surface area contributed by atoms with Gasteiger partial charge < -0.3 is 33.8 Å². The Morgan fingerprint density at radius 2 is 0.479 bits per heavy atom. The van der Waals surface area contributed by atoms with Gasteiger partial charge in [0.05, 0.1) is 26.4 Å². The summed E-state index contributed by atoms with van der Waals surface area (Å²) in [5.41, 5.74) is 0. The quantitative estimate of drug-likeness (QED) is 0.0222. The third-order valence-corrected chi connectivity index (χ3v) is 19.9. The van der Waals surface area contributed by atoms with E-state index < -0.39 is 97.5 Å². The molecule has 0 bridgehead atoms. The van der Waals surface area contributed by atoms with Crippen LogP contribution in [0, 0.1) is 5.92 Å². The Kier molecular flexibility index (Phi) is 68.7. The summed E-state index contributed by atoms with van der Waals surface area (Å²) in [4.78, 5) is 72.9. The van der Waals surface area contributed by atoms with E-state index >= 15 is 0 Å². The highest BCUT2D eigenvalue weighted by molar-refractivity contribution is 7.47. The van der Waals surface area contributed by atoms with Gasteiger partial charge in [0.25, 0.3) is 0 Å². The fourth-order valence-electron chi connectivity index (χ4n) is 11.9. The van der Waals surface area contributed by atoms with Crippen molar-refractivity contribution < 1.29 is 80.2 Å². The zero-order chi connectivity index (χ0) is 70.5. The van der Waals surface area contributed by atoms with Crippen molar-refractivity contribution in [2.24, 2.45) is 5.92 Å². The molecule has 0 amide bonds. The molecule has 0 saturated heterocycles. The van der Waals surface area contributed by atoms with Crippen LogP contribution in [0.2, 0.25) is 0 Å². The minimum Gasteiger partial charge on any atom is -0.462 e. The topological polar surface area (TPSA) is 237 Å². The first-order valence-corrected chi connectivity index (χ1v) is 43.1. The summed E-state index contributed by atoms with van der Waals surface area (Å²) in [6.45, 7) is 7.33. The van der Waals surface area contributed by atoms with E-state index in [1.165, 1.54) is 231 Å². The molecule has 0 spiro atoms. The van der Waals surface area contributed by atoms with Gasteiger partial charge in [0.2, 0.25) is 0 Å². The summed E-state index contributed by atoms with van der Waals surface area (Å²) >= 11 is 0. The van der Waals surface area contributed by atoms with Gasteiger partial charge in [-0.3, -0.25) is 37.3 Å². The average molecular weight is 1410 g/mol. The van der Waals surface area contributed by atoms with Crippen molar-refractivity contribution in [3.63, 3.8) is 0 Å². The van der Waals surface area contributed by atoms with Gasteiger partial charge in [0, 0.05) is 25.7 Å². The van der Waals surface area contributed by atoms with Gasteiger partial charge >= 0.3 is 39.5 Å². The zero-order valence-corrected chi connectivity index (χ0v) is 64.3. The molecule has 0 radical (unpaired) electrons. The summed E-state index contributed by atoms with van der Waals surface area (Å²) in [5, 5.41) is 10.6. The van der Waals surface area contributed by atoms with E-state index in [1.807, 2.05) is 0 Å². The Morgan fingerprint density at radius 3 is 0.708 bits per heavy atom. The summed E-state index contributed by atoms with van der Waals surface area (Å²) in [5.74, 6) is -1.32. The first-order chi connectivity index (χ1) is 46.5. The lowest BCUT2D eigenvalue weighted by Gasteiger charge is -2.21. The number of rotatable bonds is 77. The maximum absolute atomic E-state index is 13.1. The van der Waals surface area contributed by atoms with Crippen molar-refractivity contribution in [2.75, 3.05) is 39.6 Å². The van der Waals surface area contributed by atoms with E-state index in [2.05, 4.69) is 34.6 Å². The largest absolute Gasteiger partial charge is 0.472 e. The van der Waals surface area contributed by atoms with E-state index in [0.717, 1.165) is 95.8 Å². The number of carbonyl (C=O) groups is 4. The minimum absolute atomic E-state index is 0.108. The molecule has 570 valence electrons. The van der Waals surface area contributed by atoms with Gasteiger partial charge in [-0.1, -0.05) is 356 Å². The van der Waals surface area contributed by atoms with Crippen LogP contribution >= 0.6 is 15.6 Å². The van der Waals surface area contributed by atoms with Gasteiger partial charge in [-0.15, -0.1) is 0 Å². The predicted octanol–water partition coefficient (Wildman–Crippen LogP) is 22.9. The second kappa shape index (κ2) is 70.1. The first-order valence-electron chi connectivity index (χ1n) is 40.1. The Bertz CT molecular complexity index is 1840. The molecule has 0 fully saturated rings. The number of unbranched alkanes of at least 4 members (excludes halogenated alkanes) is 49. The van der Waals surface area contributed by atoms with Crippen LogP contribution < -0.4 is 0 Å². The number of hydrogen-bond acceptors (Lipinski definition) is 15. The molecule has 5 atom stereocenters. The van der Waals surface area contributed by atoms with Crippen molar-refractivity contribution in [1.29, 1.82) is 0 Å². The minimum atomic E-state index is -4.96. The van der Waals surface area contributed by atoms with E-state index in [4.69, 9.17) is 37.0 Å². The van der Waals surface area contributed by atoms with Crippen LogP contribution in [0.5, 0.6) is 0 Å². The lowest BCUT2D eigenvalue weighted by Crippen LogP contribution is -2.30. The van der Waals surface area contributed by atoms with E-state index in [1.54, 1.807) is 0 Å². The van der Waals surface area contributed by atoms with Crippen molar-refractivity contribution in [3.8, 4) is 0 Å². The third-order valence-electron chi connectivity index (χ3n) is 18.0. The lowest BCUT2D eigenvalue weighted by molar-refractivity contribution is -0.161. The number of carbonyl (C=O) groups excluding carboxylic acids is 4. The molecule has 0 aromatic carbocycles. The molecule has 0 aliphatic carbocycles. The van der Waals surface area contributed by atoms with E-state index in [-0.39, 0.29) is 25.7 Å². The number of aliphatic hydroxyl groups excluding tert-OH is 1. The lowest BCUT2D eigenvalue weighted by atomic mass is 10.0. The van der Waals surface area contributed by atoms with Gasteiger partial charge in [-0.05, 0) is 31.6 Å². The van der Waals surface area contributed by atoms with Crippen LogP contribution in [0.1, 0.15) is 407 Å². The number of phosphoric ester groups is 2. The molecule has 0 rings (SSSR count). The highest BCUT2D eigenvalue weighted by Gasteiger charge is 2.30. The molecule has 0 aromatic rings. The van der Waals surface area contributed by atoms with Crippen molar-refractivity contribution in [3.05, 3.63) is 0 Å². The Hall–Kier alpha value is -1.94. The molecule has 0 aliphatic heterocycles. The van der Waals surface area contributed by atoms with Gasteiger partial charge in [-0.25, -0.2) is 9.13 Å². The normalized spacial score (nSPS) is 13.9. The summed E-state index contributed by atoms with van der Waals surface area (Å²) in [6, 6.07) is 0. The fraction of sp³-hybridized carbons (Fsp3) is 0.948. The van der Waals surface area contributed by atoms with Crippen LogP contribution in [0.4, 0.5) is 0 Å². The summed E-state index contributed by atoms with van der Waals surface area (Å²) in [6.07, 6.45) is 59.4. The Morgan fingerprint density at radius 1 is 0.281 bits per heavy atom. The molecule has 2 unspecified atom stereocenters. The van der Waals surface area contributed by atoms with Gasteiger partial charge in [-0.2, -0.15) is 0 Å². The highest BCUT2D eigenvalue weighted by Crippen LogP contribution is 2.45. The smallest absolute Gasteiger partial charge is 0.462 e. The van der Waals surface area contributed by atoms with Crippen molar-refractivity contribution in [2.45, 2.75) is 425 Å². The van der Waals surface area contributed by atoms with Crippen LogP contribution in [0.15, 0.2) is 0 Å². The Balaban J connectivity index is 5.26. The Labute approximate surface area is 588 Å². The first kappa shape index (κ1) is 94.1. The standard InChI is InChI=1S/C77H150O17P2/c1-6-9-12-15-18-21-24-27-32-36-41-46-51-56-61-75(80)88-67-73(94-77(82)63-58-53-48-43-38-33-28-31-34-39-44-49-54-59-70(4)5)69-92-96(85,86)90-65-71(78)64-89-95(83,84)91-68-72(93-76(81)62-57-52-47-42-37-30-26-23-20-17-14-11-8-3)66-87-74(79)60-55-50-45-40-35-29-25-22-19-16-13-10-7-2/h70-73,78H,6-69H2,1-5H3,(H,83,84)(H,85,86)/t71-,72+,73+/m0/s1. The van der Waals surface area contributed by atoms with Gasteiger partial charge in [0.15, 0.2) is 12.2 Å². The molecule has 0 aliphatic rings. The third kappa shape index (κ3) is 70.5. The summed E-state index contributed by atoms with van der Waals surface area (Å²) < 4.78 is 68.6. The van der Waals surface area contributed by atoms with E-state index in [9.17, 15) is 43.2 Å². The molecule has 0 aromatic heterocycles. The molecular formula is C77H150O17P2. The number of ether oxygens (including phenoxy) is 4.